The predicted octanol–water partition coefficient (Wildman–Crippen LogP) is 4.36. The maximum atomic E-state index is 13.3. The lowest BCUT2D eigenvalue weighted by atomic mass is 10.1. The zero-order valence-corrected chi connectivity index (χ0v) is 23.3. The van der Waals surface area contributed by atoms with Gasteiger partial charge in [0.05, 0.1) is 31.3 Å². The highest BCUT2D eigenvalue weighted by atomic mass is 16.5. The highest BCUT2D eigenvalue weighted by Crippen LogP contribution is 2.26. The molecule has 3 aromatic rings. The fourth-order valence-electron chi connectivity index (χ4n) is 3.87. The van der Waals surface area contributed by atoms with E-state index in [1.54, 1.807) is 35.2 Å². The number of nitrogens with zero attached hydrogens (tertiary/aromatic N) is 2. The first kappa shape index (κ1) is 30.0. The molecule has 3 amide bonds. The highest BCUT2D eigenvalue weighted by molar-refractivity contribution is 6.01. The number of carboxylic acid groups (broad SMARTS) is 1. The van der Waals surface area contributed by atoms with Gasteiger partial charge >= 0.3 is 12.0 Å². The number of aryl methyl sites for hydroxylation is 1. The van der Waals surface area contributed by atoms with Crippen LogP contribution in [0.3, 0.4) is 0 Å². The second-order valence-corrected chi connectivity index (χ2v) is 9.47. The molecular formula is C30H36N4O6. The van der Waals surface area contributed by atoms with Crippen LogP contribution < -0.4 is 20.1 Å². The first-order valence-electron chi connectivity index (χ1n) is 12.9. The number of carboxylic acids is 1. The monoisotopic (exact) mass is 548 g/mol. The summed E-state index contributed by atoms with van der Waals surface area (Å²) in [5, 5.41) is 14.7. The molecule has 0 aliphatic carbocycles. The number of nitrogens with one attached hydrogen (secondary N) is 2. The molecule has 0 radical (unpaired) electrons. The van der Waals surface area contributed by atoms with Gasteiger partial charge in [0.15, 0.2) is 0 Å². The Labute approximate surface area is 234 Å². The molecule has 0 unspecified atom stereocenters. The van der Waals surface area contributed by atoms with Crippen LogP contribution in [0.4, 0.5) is 16.2 Å². The van der Waals surface area contributed by atoms with E-state index in [4.69, 9.17) is 14.6 Å². The van der Waals surface area contributed by atoms with Crippen molar-refractivity contribution in [2.75, 3.05) is 58.1 Å². The van der Waals surface area contributed by atoms with Crippen LogP contribution >= 0.6 is 0 Å². The molecule has 0 saturated carbocycles. The van der Waals surface area contributed by atoms with E-state index >= 15 is 0 Å². The molecular weight excluding hydrogens is 512 g/mol. The van der Waals surface area contributed by atoms with E-state index in [2.05, 4.69) is 10.6 Å². The molecule has 0 saturated heterocycles. The summed E-state index contributed by atoms with van der Waals surface area (Å²) < 4.78 is 11.2. The zero-order chi connectivity index (χ0) is 29.1. The predicted molar refractivity (Wildman–Crippen MR) is 155 cm³/mol. The molecule has 10 heteroatoms. The Kier molecular flexibility index (Phi) is 10.9. The number of likely N-dealkylation sites (N-methyl/N-ethyl adjacent to an activating group) is 1. The van der Waals surface area contributed by atoms with Crippen LogP contribution in [0.25, 0.3) is 0 Å². The van der Waals surface area contributed by atoms with Gasteiger partial charge in [-0.3, -0.25) is 4.79 Å². The third kappa shape index (κ3) is 9.02. The summed E-state index contributed by atoms with van der Waals surface area (Å²) in [7, 11) is 5.39. The van der Waals surface area contributed by atoms with Gasteiger partial charge in [-0.25, -0.2) is 9.59 Å². The Bertz CT molecular complexity index is 1310. The minimum Gasteiger partial charge on any atom is -0.495 e. The first-order chi connectivity index (χ1) is 19.2. The van der Waals surface area contributed by atoms with Gasteiger partial charge in [-0.15, -0.1) is 0 Å². The number of carbonyl (C=O) groups excluding carboxylic acids is 2. The van der Waals surface area contributed by atoms with Gasteiger partial charge in [0.25, 0.3) is 0 Å². The normalized spacial score (nSPS) is 10.6. The number of carbonyl (C=O) groups is 3. The minimum atomic E-state index is -1.00. The van der Waals surface area contributed by atoms with Gasteiger partial charge in [-0.1, -0.05) is 24.3 Å². The van der Waals surface area contributed by atoms with Crippen molar-refractivity contribution < 1.29 is 29.0 Å². The second-order valence-electron chi connectivity index (χ2n) is 9.47. The van der Waals surface area contributed by atoms with Crippen LogP contribution in [-0.2, 0) is 11.2 Å². The lowest BCUT2D eigenvalue weighted by Crippen LogP contribution is -2.40. The number of hydrogen-bond donors (Lipinski definition) is 3. The molecule has 3 N–H and O–H groups in total. The number of amides is 3. The molecule has 0 spiro atoms. The Morgan fingerprint density at radius 3 is 2.23 bits per heavy atom. The topological polar surface area (TPSA) is 120 Å². The number of methoxy groups -OCH3 is 1. The van der Waals surface area contributed by atoms with E-state index in [-0.39, 0.29) is 24.5 Å². The number of benzene rings is 3. The molecule has 40 heavy (non-hydrogen) atoms. The molecule has 0 aliphatic heterocycles. The number of ether oxygens (including phenoxy) is 2. The van der Waals surface area contributed by atoms with Crippen LogP contribution in [0, 0.1) is 6.92 Å². The summed E-state index contributed by atoms with van der Waals surface area (Å²) in [6.45, 7) is 3.73. The van der Waals surface area contributed by atoms with Crippen LogP contribution in [0.1, 0.15) is 21.5 Å². The van der Waals surface area contributed by atoms with Gasteiger partial charge in [-0.2, -0.15) is 0 Å². The molecule has 0 aromatic heterocycles. The zero-order valence-electron chi connectivity index (χ0n) is 23.3. The number of anilines is 2. The largest absolute Gasteiger partial charge is 0.495 e. The minimum absolute atomic E-state index is 0.0771. The van der Waals surface area contributed by atoms with Crippen molar-refractivity contribution >= 4 is 29.3 Å². The number of aromatic carboxylic acids is 1. The van der Waals surface area contributed by atoms with Crippen molar-refractivity contribution in [1.82, 2.24) is 9.80 Å². The number of rotatable bonds is 13. The van der Waals surface area contributed by atoms with E-state index in [0.717, 1.165) is 11.1 Å². The quantitative estimate of drug-likeness (QED) is 0.290. The van der Waals surface area contributed by atoms with Gasteiger partial charge < -0.3 is 35.0 Å². The molecule has 0 fully saturated rings. The van der Waals surface area contributed by atoms with Crippen LogP contribution in [0.15, 0.2) is 66.7 Å². The Hall–Kier alpha value is -4.57. The van der Waals surface area contributed by atoms with Gasteiger partial charge in [0.1, 0.15) is 18.1 Å². The summed E-state index contributed by atoms with van der Waals surface area (Å²) in [6.07, 6.45) is 0.146. The van der Waals surface area contributed by atoms with E-state index < -0.39 is 12.0 Å². The Balaban J connectivity index is 1.62. The van der Waals surface area contributed by atoms with E-state index in [1.165, 1.54) is 19.2 Å². The van der Waals surface area contributed by atoms with E-state index in [9.17, 15) is 14.4 Å². The number of hydrogen-bond acceptors (Lipinski definition) is 6. The Morgan fingerprint density at radius 2 is 1.57 bits per heavy atom. The van der Waals surface area contributed by atoms with Crippen LogP contribution in [0.2, 0.25) is 0 Å². The van der Waals surface area contributed by atoms with Crippen LogP contribution in [-0.4, -0.2) is 80.3 Å². The van der Waals surface area contributed by atoms with Gasteiger partial charge in [-0.05, 0) is 74.6 Å². The molecule has 3 aromatic carbocycles. The van der Waals surface area contributed by atoms with Crippen molar-refractivity contribution in [2.24, 2.45) is 0 Å². The molecule has 212 valence electrons. The second kappa shape index (κ2) is 14.5. The van der Waals surface area contributed by atoms with Gasteiger partial charge in [0.2, 0.25) is 5.91 Å². The lowest BCUT2D eigenvalue weighted by Gasteiger charge is -2.25. The maximum absolute atomic E-state index is 13.3. The fourth-order valence-corrected chi connectivity index (χ4v) is 3.87. The van der Waals surface area contributed by atoms with Crippen LogP contribution in [0.5, 0.6) is 11.5 Å². The summed E-state index contributed by atoms with van der Waals surface area (Å²) in [5.74, 6) is -0.104. The highest BCUT2D eigenvalue weighted by Gasteiger charge is 2.17. The van der Waals surface area contributed by atoms with Crippen molar-refractivity contribution in [3.63, 3.8) is 0 Å². The first-order valence-corrected chi connectivity index (χ1v) is 12.9. The van der Waals surface area contributed by atoms with Crippen molar-refractivity contribution in [1.29, 1.82) is 0 Å². The third-order valence-electron chi connectivity index (χ3n) is 6.16. The fraction of sp³-hybridized carbons (Fsp3) is 0.300. The molecule has 0 heterocycles. The summed E-state index contributed by atoms with van der Waals surface area (Å²) in [4.78, 5) is 40.6. The average molecular weight is 549 g/mol. The lowest BCUT2D eigenvalue weighted by molar-refractivity contribution is -0.131. The SMILES string of the molecule is COc1cc(CC(=O)N(CCOc2ccc(C(=O)O)cc2)CCN(C)C)ccc1NC(=O)Nc1ccccc1C. The van der Waals surface area contributed by atoms with Crippen molar-refractivity contribution in [3.05, 3.63) is 83.4 Å². The molecule has 0 aliphatic rings. The van der Waals surface area contributed by atoms with Crippen molar-refractivity contribution in [2.45, 2.75) is 13.3 Å². The third-order valence-corrected chi connectivity index (χ3v) is 6.16. The smallest absolute Gasteiger partial charge is 0.335 e. The number of para-hydroxylation sites is 1. The Morgan fingerprint density at radius 1 is 0.875 bits per heavy atom. The summed E-state index contributed by atoms with van der Waals surface area (Å²) in [6, 6.07) is 18.5. The van der Waals surface area contributed by atoms with E-state index in [0.29, 0.717) is 42.5 Å². The average Bonchev–Trinajstić information content (AvgIpc) is 2.92. The molecule has 3 rings (SSSR count). The summed E-state index contributed by atoms with van der Waals surface area (Å²) in [5.41, 5.74) is 3.06. The molecule has 0 atom stereocenters. The maximum Gasteiger partial charge on any atom is 0.335 e. The summed E-state index contributed by atoms with van der Waals surface area (Å²) >= 11 is 0. The standard InChI is InChI=1S/C30H36N4O6/c1-21-7-5-6-8-25(21)31-30(38)32-26-14-9-22(19-27(26)39-4)20-28(35)34(16-15-33(2)3)17-18-40-24-12-10-23(11-13-24)29(36)37/h5-14,19H,15-18,20H2,1-4H3,(H,36,37)(H2,31,32,38). The van der Waals surface area contributed by atoms with Gasteiger partial charge in [0, 0.05) is 18.8 Å². The van der Waals surface area contributed by atoms with E-state index in [1.807, 2.05) is 50.2 Å². The molecule has 10 nitrogen and oxygen atoms in total. The van der Waals surface area contributed by atoms with Crippen molar-refractivity contribution in [3.8, 4) is 11.5 Å². The molecule has 0 bridgehead atoms. The number of urea groups is 1.